The summed E-state index contributed by atoms with van der Waals surface area (Å²) in [7, 11) is 0. The van der Waals surface area contributed by atoms with E-state index >= 15 is 0 Å². The Morgan fingerprint density at radius 3 is 2.82 bits per heavy atom. The molecular formula is C17H14ClNO3. The molecule has 2 heterocycles. The molecule has 2 aliphatic heterocycles. The van der Waals surface area contributed by atoms with Gasteiger partial charge in [0.25, 0.3) is 5.91 Å². The molecule has 0 aromatic heterocycles. The third kappa shape index (κ3) is 2.11. The van der Waals surface area contributed by atoms with E-state index in [-0.39, 0.29) is 5.91 Å². The molecule has 4 rings (SSSR count). The minimum atomic E-state index is -0.233. The van der Waals surface area contributed by atoms with Crippen molar-refractivity contribution >= 4 is 23.2 Å². The van der Waals surface area contributed by atoms with Crippen molar-refractivity contribution < 1.29 is 14.3 Å². The van der Waals surface area contributed by atoms with Crippen LogP contribution in [0.1, 0.15) is 21.5 Å². The molecule has 0 spiro atoms. The Kier molecular flexibility index (Phi) is 3.19. The predicted octanol–water partition coefficient (Wildman–Crippen LogP) is 3.46. The summed E-state index contributed by atoms with van der Waals surface area (Å²) in [6.07, 6.45) is 1.60. The molecule has 0 bridgehead atoms. The van der Waals surface area contributed by atoms with Crippen molar-refractivity contribution in [3.05, 3.63) is 52.0 Å². The fourth-order valence-electron chi connectivity index (χ4n) is 2.94. The summed E-state index contributed by atoms with van der Waals surface area (Å²) in [6, 6.07) is 9.03. The van der Waals surface area contributed by atoms with Crippen molar-refractivity contribution in [2.45, 2.75) is 12.8 Å². The van der Waals surface area contributed by atoms with Gasteiger partial charge < -0.3 is 14.8 Å². The van der Waals surface area contributed by atoms with Gasteiger partial charge in [-0.3, -0.25) is 4.79 Å². The van der Waals surface area contributed by atoms with E-state index in [2.05, 4.69) is 5.32 Å². The zero-order valence-corrected chi connectivity index (χ0v) is 12.6. The highest BCUT2D eigenvalue weighted by Crippen LogP contribution is 2.44. The van der Waals surface area contributed by atoms with Gasteiger partial charge in [-0.05, 0) is 18.2 Å². The fraction of sp³-hybridized carbons (Fsp3) is 0.235. The van der Waals surface area contributed by atoms with Crippen molar-refractivity contribution in [2.75, 3.05) is 18.5 Å². The molecule has 4 nitrogen and oxygen atoms in total. The molecule has 0 saturated carbocycles. The Labute approximate surface area is 133 Å². The Hall–Kier alpha value is -2.20. The third-order valence-electron chi connectivity index (χ3n) is 4.01. The molecule has 1 N–H and O–H groups in total. The van der Waals surface area contributed by atoms with Crippen LogP contribution in [0, 0.1) is 0 Å². The lowest BCUT2D eigenvalue weighted by molar-refractivity contribution is 0.102. The Bertz CT molecular complexity index is 740. The first-order valence-corrected chi connectivity index (χ1v) is 7.62. The van der Waals surface area contributed by atoms with Crippen LogP contribution in [0.25, 0.3) is 0 Å². The van der Waals surface area contributed by atoms with E-state index in [4.69, 9.17) is 21.1 Å². The number of benzene rings is 2. The monoisotopic (exact) mass is 315 g/mol. The molecule has 22 heavy (non-hydrogen) atoms. The number of carbonyl (C=O) groups excluding carboxylic acids is 1. The normalized spacial score (nSPS) is 14.8. The molecule has 0 saturated heterocycles. The first-order chi connectivity index (χ1) is 10.7. The molecule has 0 radical (unpaired) electrons. The number of ether oxygens (including phenoxy) is 2. The maximum Gasteiger partial charge on any atom is 0.257 e. The van der Waals surface area contributed by atoms with E-state index in [1.54, 1.807) is 24.3 Å². The number of hydrogen-bond acceptors (Lipinski definition) is 3. The van der Waals surface area contributed by atoms with E-state index in [0.29, 0.717) is 23.8 Å². The summed E-state index contributed by atoms with van der Waals surface area (Å²) in [5.74, 6) is 1.38. The van der Waals surface area contributed by atoms with Gasteiger partial charge in [0.05, 0.1) is 29.5 Å². The van der Waals surface area contributed by atoms with Crippen LogP contribution >= 0.6 is 11.6 Å². The summed E-state index contributed by atoms with van der Waals surface area (Å²) in [5, 5.41) is 3.40. The molecule has 2 aromatic carbocycles. The number of nitrogens with one attached hydrogen (secondary N) is 1. The van der Waals surface area contributed by atoms with Gasteiger partial charge in [-0.25, -0.2) is 0 Å². The van der Waals surface area contributed by atoms with Gasteiger partial charge in [0.1, 0.15) is 11.5 Å². The van der Waals surface area contributed by atoms with Gasteiger partial charge in [-0.1, -0.05) is 23.7 Å². The first kappa shape index (κ1) is 13.5. The van der Waals surface area contributed by atoms with Crippen molar-refractivity contribution in [3.8, 4) is 11.5 Å². The van der Waals surface area contributed by atoms with Crippen molar-refractivity contribution in [2.24, 2.45) is 0 Å². The van der Waals surface area contributed by atoms with Crippen LogP contribution in [0.2, 0.25) is 5.02 Å². The lowest BCUT2D eigenvalue weighted by atomic mass is 10.0. The number of rotatable bonds is 2. The summed E-state index contributed by atoms with van der Waals surface area (Å²) < 4.78 is 11.4. The third-order valence-corrected chi connectivity index (χ3v) is 4.34. The molecule has 0 aliphatic carbocycles. The van der Waals surface area contributed by atoms with Gasteiger partial charge in [0, 0.05) is 24.0 Å². The molecule has 1 amide bonds. The molecule has 2 aliphatic rings. The second-order valence-corrected chi connectivity index (χ2v) is 5.75. The van der Waals surface area contributed by atoms with Gasteiger partial charge >= 0.3 is 0 Å². The molecule has 2 aromatic rings. The average molecular weight is 316 g/mol. The average Bonchev–Trinajstić information content (AvgIpc) is 3.15. The number of anilines is 1. The summed E-state index contributed by atoms with van der Waals surface area (Å²) in [5.41, 5.74) is 3.26. The number of carbonyl (C=O) groups is 1. The maximum atomic E-state index is 12.5. The molecule has 5 heteroatoms. The topological polar surface area (TPSA) is 47.6 Å². The highest BCUT2D eigenvalue weighted by molar-refractivity contribution is 6.34. The smallest absolute Gasteiger partial charge is 0.257 e. The van der Waals surface area contributed by atoms with E-state index in [0.717, 1.165) is 41.2 Å². The fourth-order valence-corrected chi connectivity index (χ4v) is 3.17. The Morgan fingerprint density at radius 1 is 1.14 bits per heavy atom. The molecular weight excluding hydrogens is 302 g/mol. The van der Waals surface area contributed by atoms with Crippen LogP contribution in [-0.2, 0) is 12.8 Å². The van der Waals surface area contributed by atoms with Crippen LogP contribution in [0.5, 0.6) is 11.5 Å². The number of amides is 1. The lowest BCUT2D eigenvalue weighted by Gasteiger charge is -2.14. The highest BCUT2D eigenvalue weighted by atomic mass is 35.5. The highest BCUT2D eigenvalue weighted by Gasteiger charge is 2.28. The molecule has 0 atom stereocenters. The van der Waals surface area contributed by atoms with Crippen LogP contribution < -0.4 is 14.8 Å². The van der Waals surface area contributed by atoms with Gasteiger partial charge in [0.15, 0.2) is 0 Å². The first-order valence-electron chi connectivity index (χ1n) is 7.24. The van der Waals surface area contributed by atoms with Gasteiger partial charge in [-0.15, -0.1) is 0 Å². The van der Waals surface area contributed by atoms with Crippen molar-refractivity contribution in [1.82, 2.24) is 0 Å². The van der Waals surface area contributed by atoms with E-state index in [9.17, 15) is 4.79 Å². The Balaban J connectivity index is 1.75. The zero-order chi connectivity index (χ0) is 15.1. The molecule has 0 unspecified atom stereocenters. The standard InChI is InChI=1S/C17H14ClNO3/c18-13-4-2-1-3-11(13)17(20)19-15-12-6-8-21-14(12)9-10-5-7-22-16(10)15/h1-4,9H,5-8H2,(H,19,20). The summed E-state index contributed by atoms with van der Waals surface area (Å²) in [4.78, 5) is 12.5. The quantitative estimate of drug-likeness (QED) is 0.923. The van der Waals surface area contributed by atoms with E-state index in [1.165, 1.54) is 0 Å². The van der Waals surface area contributed by atoms with Crippen molar-refractivity contribution in [3.63, 3.8) is 0 Å². The summed E-state index contributed by atoms with van der Waals surface area (Å²) >= 11 is 6.10. The van der Waals surface area contributed by atoms with Crippen LogP contribution in [0.4, 0.5) is 5.69 Å². The number of hydrogen-bond donors (Lipinski definition) is 1. The van der Waals surface area contributed by atoms with Crippen LogP contribution in [-0.4, -0.2) is 19.1 Å². The molecule has 0 fully saturated rings. The zero-order valence-electron chi connectivity index (χ0n) is 11.8. The lowest BCUT2D eigenvalue weighted by Crippen LogP contribution is -2.14. The minimum Gasteiger partial charge on any atom is -0.493 e. The second kappa shape index (κ2) is 5.21. The van der Waals surface area contributed by atoms with Gasteiger partial charge in [0.2, 0.25) is 0 Å². The second-order valence-electron chi connectivity index (χ2n) is 5.35. The minimum absolute atomic E-state index is 0.233. The van der Waals surface area contributed by atoms with Gasteiger partial charge in [-0.2, -0.15) is 0 Å². The Morgan fingerprint density at radius 2 is 1.95 bits per heavy atom. The predicted molar refractivity (Wildman–Crippen MR) is 84.2 cm³/mol. The van der Waals surface area contributed by atoms with E-state index < -0.39 is 0 Å². The number of halogens is 1. The SMILES string of the molecule is O=C(Nc1c2c(cc3c1OCC3)OCC2)c1ccccc1Cl. The maximum absolute atomic E-state index is 12.5. The number of fused-ring (bicyclic) bond motifs is 2. The summed E-state index contributed by atoms with van der Waals surface area (Å²) in [6.45, 7) is 1.26. The van der Waals surface area contributed by atoms with Crippen LogP contribution in [0.15, 0.2) is 30.3 Å². The van der Waals surface area contributed by atoms with E-state index in [1.807, 2.05) is 6.07 Å². The van der Waals surface area contributed by atoms with Crippen LogP contribution in [0.3, 0.4) is 0 Å². The van der Waals surface area contributed by atoms with Crippen molar-refractivity contribution in [1.29, 1.82) is 0 Å². The largest absolute Gasteiger partial charge is 0.493 e. The molecule has 112 valence electrons.